The zero-order chi connectivity index (χ0) is 15.1. The highest BCUT2D eigenvalue weighted by molar-refractivity contribution is 5.87. The highest BCUT2D eigenvalue weighted by Crippen LogP contribution is 2.50. The average Bonchev–Trinajstić information content (AvgIpc) is 3.05. The summed E-state index contributed by atoms with van der Waals surface area (Å²) in [6.07, 6.45) is 4.38. The van der Waals surface area contributed by atoms with Gasteiger partial charge < -0.3 is 9.64 Å². The van der Waals surface area contributed by atoms with Crippen LogP contribution in [0.3, 0.4) is 0 Å². The van der Waals surface area contributed by atoms with E-state index in [1.807, 2.05) is 20.8 Å². The van der Waals surface area contributed by atoms with Gasteiger partial charge in [0.2, 0.25) is 0 Å². The van der Waals surface area contributed by atoms with Crippen LogP contribution in [0.2, 0.25) is 0 Å². The number of carbonyl (C=O) groups excluding carboxylic acids is 1. The van der Waals surface area contributed by atoms with E-state index in [1.165, 1.54) is 18.5 Å². The van der Waals surface area contributed by atoms with Gasteiger partial charge >= 0.3 is 5.97 Å². The molecule has 0 spiro atoms. The minimum absolute atomic E-state index is 0.0658. The van der Waals surface area contributed by atoms with Gasteiger partial charge in [0, 0.05) is 18.8 Å². The quantitative estimate of drug-likeness (QED) is 0.795. The largest absolute Gasteiger partial charge is 0.459 e. The number of nitrogens with zero attached hydrogens (tertiary/aromatic N) is 1. The van der Waals surface area contributed by atoms with Gasteiger partial charge in [-0.05, 0) is 64.2 Å². The normalized spacial score (nSPS) is 20.4. The van der Waals surface area contributed by atoms with Crippen molar-refractivity contribution in [1.29, 1.82) is 0 Å². The number of benzene rings is 1. The fourth-order valence-corrected chi connectivity index (χ4v) is 3.08. The van der Waals surface area contributed by atoms with Crippen molar-refractivity contribution in [2.24, 2.45) is 0 Å². The first-order valence-corrected chi connectivity index (χ1v) is 8.00. The van der Waals surface area contributed by atoms with E-state index in [2.05, 4.69) is 29.2 Å². The van der Waals surface area contributed by atoms with Crippen LogP contribution in [0.25, 0.3) is 0 Å². The van der Waals surface area contributed by atoms with Crippen molar-refractivity contribution in [2.75, 3.05) is 18.0 Å². The van der Waals surface area contributed by atoms with Crippen LogP contribution in [0, 0.1) is 0 Å². The van der Waals surface area contributed by atoms with E-state index in [0.717, 1.165) is 31.5 Å². The monoisotopic (exact) mass is 287 g/mol. The summed E-state index contributed by atoms with van der Waals surface area (Å²) >= 11 is 0. The molecule has 1 aromatic rings. The summed E-state index contributed by atoms with van der Waals surface area (Å²) in [4.78, 5) is 14.9. The van der Waals surface area contributed by atoms with Crippen LogP contribution in [0.1, 0.15) is 52.0 Å². The Bertz CT molecular complexity index is 517. The fourth-order valence-electron chi connectivity index (χ4n) is 3.08. The fraction of sp³-hybridized carbons (Fsp3) is 0.611. The highest BCUT2D eigenvalue weighted by Gasteiger charge is 2.53. The first-order chi connectivity index (χ1) is 9.91. The van der Waals surface area contributed by atoms with Crippen molar-refractivity contribution >= 4 is 11.7 Å². The summed E-state index contributed by atoms with van der Waals surface area (Å²) in [5.74, 6) is -0.0658. The zero-order valence-electron chi connectivity index (χ0n) is 13.3. The molecule has 1 aliphatic heterocycles. The molecule has 1 heterocycles. The van der Waals surface area contributed by atoms with Gasteiger partial charge in [-0.3, -0.25) is 4.79 Å². The second-order valence-electron chi connectivity index (χ2n) is 7.33. The van der Waals surface area contributed by atoms with Crippen molar-refractivity contribution in [3.05, 3.63) is 29.8 Å². The molecule has 1 saturated heterocycles. The number of ether oxygens (including phenoxy) is 1. The van der Waals surface area contributed by atoms with E-state index in [-0.39, 0.29) is 11.4 Å². The van der Waals surface area contributed by atoms with Gasteiger partial charge in [-0.25, -0.2) is 0 Å². The van der Waals surface area contributed by atoms with Gasteiger partial charge in [-0.1, -0.05) is 12.1 Å². The third-order valence-electron chi connectivity index (χ3n) is 4.43. The second-order valence-corrected chi connectivity index (χ2v) is 7.33. The number of anilines is 1. The van der Waals surface area contributed by atoms with Gasteiger partial charge in [0.25, 0.3) is 0 Å². The molecule has 21 heavy (non-hydrogen) atoms. The predicted molar refractivity (Wildman–Crippen MR) is 84.6 cm³/mol. The topological polar surface area (TPSA) is 29.5 Å². The molecule has 0 unspecified atom stereocenters. The van der Waals surface area contributed by atoms with Crippen molar-refractivity contribution in [2.45, 2.75) is 57.5 Å². The number of carbonyl (C=O) groups is 1. The molecule has 2 fully saturated rings. The van der Waals surface area contributed by atoms with E-state index in [1.54, 1.807) is 0 Å². The smallest absolute Gasteiger partial charge is 0.317 e. The van der Waals surface area contributed by atoms with Crippen LogP contribution < -0.4 is 4.90 Å². The summed E-state index contributed by atoms with van der Waals surface area (Å²) in [6, 6.07) is 8.55. The molecule has 0 radical (unpaired) electrons. The molecule has 0 aromatic heterocycles. The van der Waals surface area contributed by atoms with E-state index >= 15 is 0 Å². The third kappa shape index (κ3) is 2.92. The van der Waals surface area contributed by atoms with Crippen molar-refractivity contribution < 1.29 is 9.53 Å². The van der Waals surface area contributed by atoms with Gasteiger partial charge in [0.05, 0.1) is 5.41 Å². The maximum atomic E-state index is 12.5. The summed E-state index contributed by atoms with van der Waals surface area (Å²) < 4.78 is 5.60. The number of hydrogen-bond acceptors (Lipinski definition) is 3. The summed E-state index contributed by atoms with van der Waals surface area (Å²) in [6.45, 7) is 8.08. The molecule has 0 amide bonds. The molecular weight excluding hydrogens is 262 g/mol. The van der Waals surface area contributed by atoms with Crippen LogP contribution in [0.5, 0.6) is 0 Å². The van der Waals surface area contributed by atoms with Gasteiger partial charge in [0.15, 0.2) is 0 Å². The van der Waals surface area contributed by atoms with Crippen molar-refractivity contribution in [3.8, 4) is 0 Å². The molecular formula is C18H25NO2. The van der Waals surface area contributed by atoms with Gasteiger partial charge in [-0.15, -0.1) is 0 Å². The lowest BCUT2D eigenvalue weighted by Crippen LogP contribution is -2.32. The molecule has 1 aromatic carbocycles. The Morgan fingerprint density at radius 3 is 2.14 bits per heavy atom. The number of rotatable bonds is 3. The molecule has 3 rings (SSSR count). The van der Waals surface area contributed by atoms with Gasteiger partial charge in [-0.2, -0.15) is 0 Å². The maximum absolute atomic E-state index is 12.5. The summed E-state index contributed by atoms with van der Waals surface area (Å²) in [5.41, 5.74) is 1.59. The van der Waals surface area contributed by atoms with E-state index < -0.39 is 5.60 Å². The Hall–Kier alpha value is -1.51. The molecule has 0 N–H and O–H groups in total. The van der Waals surface area contributed by atoms with Crippen LogP contribution in [-0.2, 0) is 14.9 Å². The molecule has 114 valence electrons. The average molecular weight is 287 g/mol. The van der Waals surface area contributed by atoms with Crippen LogP contribution in [-0.4, -0.2) is 24.7 Å². The Balaban J connectivity index is 1.75. The standard InChI is InChI=1S/C18H25NO2/c1-17(2,3)21-16(20)18(10-11-18)14-6-8-15(9-7-14)19-12-4-5-13-19/h6-9H,4-5,10-13H2,1-3H3. The number of esters is 1. The van der Waals surface area contributed by atoms with E-state index in [9.17, 15) is 4.79 Å². The minimum atomic E-state index is -0.415. The Labute approximate surface area is 127 Å². The molecule has 3 heteroatoms. The van der Waals surface area contributed by atoms with Crippen LogP contribution >= 0.6 is 0 Å². The zero-order valence-corrected chi connectivity index (χ0v) is 13.3. The third-order valence-corrected chi connectivity index (χ3v) is 4.43. The SMILES string of the molecule is CC(C)(C)OC(=O)C1(c2ccc(N3CCCC3)cc2)CC1. The molecule has 0 atom stereocenters. The lowest BCUT2D eigenvalue weighted by molar-refractivity contribution is -0.158. The Morgan fingerprint density at radius 1 is 1.10 bits per heavy atom. The Morgan fingerprint density at radius 2 is 1.67 bits per heavy atom. The highest BCUT2D eigenvalue weighted by atomic mass is 16.6. The first-order valence-electron chi connectivity index (χ1n) is 8.00. The second kappa shape index (κ2) is 5.04. The lowest BCUT2D eigenvalue weighted by Gasteiger charge is -2.24. The molecule has 2 aliphatic rings. The predicted octanol–water partition coefficient (Wildman–Crippen LogP) is 3.66. The summed E-state index contributed by atoms with van der Waals surface area (Å²) in [7, 11) is 0. The molecule has 1 aliphatic carbocycles. The van der Waals surface area contributed by atoms with Crippen LogP contribution in [0.4, 0.5) is 5.69 Å². The number of hydrogen-bond donors (Lipinski definition) is 0. The van der Waals surface area contributed by atoms with E-state index in [4.69, 9.17) is 4.74 Å². The summed E-state index contributed by atoms with van der Waals surface area (Å²) in [5, 5.41) is 0. The Kier molecular flexibility index (Phi) is 3.46. The lowest BCUT2D eigenvalue weighted by atomic mass is 9.95. The van der Waals surface area contributed by atoms with Crippen molar-refractivity contribution in [1.82, 2.24) is 0 Å². The van der Waals surface area contributed by atoms with E-state index in [0.29, 0.717) is 0 Å². The minimum Gasteiger partial charge on any atom is -0.459 e. The van der Waals surface area contributed by atoms with Crippen LogP contribution in [0.15, 0.2) is 24.3 Å². The molecule has 1 saturated carbocycles. The molecule has 3 nitrogen and oxygen atoms in total. The first kappa shape index (κ1) is 14.4. The maximum Gasteiger partial charge on any atom is 0.317 e. The van der Waals surface area contributed by atoms with Crippen molar-refractivity contribution in [3.63, 3.8) is 0 Å². The molecule has 0 bridgehead atoms. The van der Waals surface area contributed by atoms with Gasteiger partial charge in [0.1, 0.15) is 5.60 Å².